The fraction of sp³-hybridized carbons (Fsp3) is 0.500. The molecule has 0 spiro atoms. The maximum absolute atomic E-state index is 12.5. The largest absolute Gasteiger partial charge is 0.444 e. The van der Waals surface area contributed by atoms with Gasteiger partial charge in [-0.2, -0.15) is 0 Å². The molecule has 0 saturated carbocycles. The second-order valence-electron chi connectivity index (χ2n) is 10.2. The summed E-state index contributed by atoms with van der Waals surface area (Å²) in [5, 5.41) is 1.29. The Morgan fingerprint density at radius 3 is 2.68 bits per heavy atom. The van der Waals surface area contributed by atoms with E-state index in [9.17, 15) is 4.79 Å². The minimum atomic E-state index is -0.456. The van der Waals surface area contributed by atoms with E-state index in [0.29, 0.717) is 18.4 Å². The number of thiophene rings is 1. The molecule has 166 valence electrons. The van der Waals surface area contributed by atoms with Gasteiger partial charge in [0.15, 0.2) is 0 Å². The van der Waals surface area contributed by atoms with Crippen molar-refractivity contribution in [1.29, 1.82) is 0 Å². The van der Waals surface area contributed by atoms with Gasteiger partial charge in [-0.15, -0.1) is 11.3 Å². The van der Waals surface area contributed by atoms with Crippen LogP contribution in [0.2, 0.25) is 0 Å². The van der Waals surface area contributed by atoms with Gasteiger partial charge in [0.1, 0.15) is 5.60 Å². The first-order valence-corrected chi connectivity index (χ1v) is 12.1. The van der Waals surface area contributed by atoms with Crippen LogP contribution < -0.4 is 0 Å². The lowest BCUT2D eigenvalue weighted by Crippen LogP contribution is -2.39. The summed E-state index contributed by atoms with van der Waals surface area (Å²) in [5.41, 5.74) is 4.71. The number of benzene rings is 1. The molecule has 2 aromatic heterocycles. The minimum absolute atomic E-state index is 0.209. The first-order valence-electron chi connectivity index (χ1n) is 11.3. The van der Waals surface area contributed by atoms with Gasteiger partial charge in [-0.1, -0.05) is 32.9 Å². The summed E-state index contributed by atoms with van der Waals surface area (Å²) >= 11 is 1.91. The predicted molar refractivity (Wildman–Crippen MR) is 129 cm³/mol. The molecule has 3 heterocycles. The van der Waals surface area contributed by atoms with Crippen LogP contribution in [0.3, 0.4) is 0 Å². The number of hydrogen-bond donors (Lipinski definition) is 1. The fourth-order valence-corrected chi connectivity index (χ4v) is 5.39. The predicted octanol–water partition coefficient (Wildman–Crippen LogP) is 6.99. The lowest BCUT2D eigenvalue weighted by molar-refractivity contribution is 0.0225. The Kier molecular flexibility index (Phi) is 5.91. The Bertz CT molecular complexity index is 1090. The zero-order valence-electron chi connectivity index (χ0n) is 19.5. The molecule has 1 aromatic carbocycles. The minimum Gasteiger partial charge on any atom is -0.444 e. The zero-order valence-corrected chi connectivity index (χ0v) is 20.4. The monoisotopic (exact) mass is 438 g/mol. The van der Waals surface area contributed by atoms with Crippen LogP contribution in [0.25, 0.3) is 10.9 Å². The molecule has 1 amide bonds. The normalized spacial score (nSPS) is 15.4. The van der Waals surface area contributed by atoms with Crippen molar-refractivity contribution in [2.45, 2.75) is 78.4 Å². The van der Waals surface area contributed by atoms with Crippen molar-refractivity contribution in [3.63, 3.8) is 0 Å². The van der Waals surface area contributed by atoms with Crippen molar-refractivity contribution in [2.24, 2.45) is 0 Å². The first-order chi connectivity index (χ1) is 14.6. The second kappa shape index (κ2) is 8.34. The SMILES string of the molecule is CC(C)c1cc2ccc(CC(C)c3cc4c(s3)CCN(C(=O)OC(C)(C)C)C4)cc2[nH]1. The van der Waals surface area contributed by atoms with Crippen molar-refractivity contribution in [2.75, 3.05) is 6.54 Å². The Balaban J connectivity index is 1.45. The highest BCUT2D eigenvalue weighted by Gasteiger charge is 2.27. The maximum atomic E-state index is 12.5. The molecule has 5 heteroatoms. The lowest BCUT2D eigenvalue weighted by Gasteiger charge is -2.29. The Morgan fingerprint density at radius 2 is 1.97 bits per heavy atom. The molecule has 0 radical (unpaired) electrons. The third-order valence-corrected chi connectivity index (χ3v) is 7.36. The molecule has 0 saturated heterocycles. The van der Waals surface area contributed by atoms with Crippen LogP contribution in [-0.4, -0.2) is 28.1 Å². The van der Waals surface area contributed by atoms with E-state index in [1.165, 1.54) is 37.5 Å². The van der Waals surface area contributed by atoms with Crippen molar-refractivity contribution < 1.29 is 9.53 Å². The lowest BCUT2D eigenvalue weighted by atomic mass is 9.98. The molecular weight excluding hydrogens is 404 g/mol. The molecule has 1 aliphatic rings. The number of carbonyl (C=O) groups is 1. The van der Waals surface area contributed by atoms with Crippen LogP contribution in [0, 0.1) is 0 Å². The summed E-state index contributed by atoms with van der Waals surface area (Å²) in [5.74, 6) is 0.954. The van der Waals surface area contributed by atoms with Gasteiger partial charge in [0, 0.05) is 27.5 Å². The standard InChI is InChI=1S/C26H34N2O2S/c1-16(2)21-13-19-8-7-18(12-22(19)27-21)11-17(3)24-14-20-15-28(10-9-23(20)31-24)25(29)30-26(4,5)6/h7-8,12-14,16-17,27H,9-11,15H2,1-6H3. The van der Waals surface area contributed by atoms with E-state index in [2.05, 4.69) is 56.1 Å². The van der Waals surface area contributed by atoms with Crippen molar-refractivity contribution >= 4 is 28.3 Å². The number of carbonyl (C=O) groups excluding carboxylic acids is 1. The molecule has 4 nitrogen and oxygen atoms in total. The van der Waals surface area contributed by atoms with E-state index in [0.717, 1.165) is 19.4 Å². The van der Waals surface area contributed by atoms with E-state index in [-0.39, 0.29) is 6.09 Å². The van der Waals surface area contributed by atoms with Crippen LogP contribution in [0.15, 0.2) is 30.3 Å². The fourth-order valence-electron chi connectivity index (χ4n) is 4.17. The Labute approximate surface area is 189 Å². The number of H-pyrrole nitrogens is 1. The van der Waals surface area contributed by atoms with Crippen LogP contribution in [0.5, 0.6) is 0 Å². The highest BCUT2D eigenvalue weighted by molar-refractivity contribution is 7.12. The summed E-state index contributed by atoms with van der Waals surface area (Å²) in [6, 6.07) is 11.4. The van der Waals surface area contributed by atoms with Crippen molar-refractivity contribution in [3.05, 3.63) is 56.9 Å². The number of aromatic amines is 1. The average molecular weight is 439 g/mol. The summed E-state index contributed by atoms with van der Waals surface area (Å²) in [7, 11) is 0. The smallest absolute Gasteiger partial charge is 0.410 e. The van der Waals surface area contributed by atoms with Gasteiger partial charge >= 0.3 is 6.09 Å². The number of rotatable bonds is 4. The summed E-state index contributed by atoms with van der Waals surface area (Å²) in [6.07, 6.45) is 1.72. The quantitative estimate of drug-likeness (QED) is 0.477. The molecular formula is C26H34N2O2S. The zero-order chi connectivity index (χ0) is 22.3. The number of nitrogens with zero attached hydrogens (tertiary/aromatic N) is 1. The third-order valence-electron chi connectivity index (χ3n) is 5.89. The Hall–Kier alpha value is -2.27. The van der Waals surface area contributed by atoms with Gasteiger partial charge in [-0.05, 0) is 80.2 Å². The first kappa shape index (κ1) is 21.9. The van der Waals surface area contributed by atoms with Gasteiger partial charge in [-0.25, -0.2) is 4.79 Å². The molecule has 4 rings (SSSR count). The number of aromatic nitrogens is 1. The molecule has 0 bridgehead atoms. The number of hydrogen-bond acceptors (Lipinski definition) is 3. The van der Waals surface area contributed by atoms with Crippen LogP contribution in [0.1, 0.15) is 80.0 Å². The average Bonchev–Trinajstić information content (AvgIpc) is 3.29. The second-order valence-corrected chi connectivity index (χ2v) is 11.3. The highest BCUT2D eigenvalue weighted by atomic mass is 32.1. The summed E-state index contributed by atoms with van der Waals surface area (Å²) in [6.45, 7) is 13.9. The number of fused-ring (bicyclic) bond motifs is 2. The van der Waals surface area contributed by atoms with Crippen LogP contribution >= 0.6 is 11.3 Å². The molecule has 1 atom stereocenters. The van der Waals surface area contributed by atoms with Gasteiger partial charge in [0.05, 0.1) is 6.54 Å². The van der Waals surface area contributed by atoms with E-state index in [4.69, 9.17) is 4.74 Å². The molecule has 3 aromatic rings. The van der Waals surface area contributed by atoms with E-state index >= 15 is 0 Å². The van der Waals surface area contributed by atoms with Gasteiger partial charge in [-0.3, -0.25) is 0 Å². The van der Waals surface area contributed by atoms with Crippen LogP contribution in [-0.2, 0) is 24.1 Å². The van der Waals surface area contributed by atoms with E-state index in [1.807, 2.05) is 37.0 Å². The Morgan fingerprint density at radius 1 is 1.19 bits per heavy atom. The molecule has 1 unspecified atom stereocenters. The van der Waals surface area contributed by atoms with Gasteiger partial charge < -0.3 is 14.6 Å². The number of nitrogens with one attached hydrogen (secondary N) is 1. The number of amides is 1. The summed E-state index contributed by atoms with van der Waals surface area (Å²) in [4.78, 5) is 20.7. The highest BCUT2D eigenvalue weighted by Crippen LogP contribution is 2.35. The van der Waals surface area contributed by atoms with E-state index < -0.39 is 5.60 Å². The summed E-state index contributed by atoms with van der Waals surface area (Å²) < 4.78 is 5.56. The molecule has 1 N–H and O–H groups in total. The molecule has 0 fully saturated rings. The third kappa shape index (κ3) is 4.98. The number of ether oxygens (including phenoxy) is 1. The van der Waals surface area contributed by atoms with Crippen molar-refractivity contribution in [1.82, 2.24) is 9.88 Å². The van der Waals surface area contributed by atoms with Crippen molar-refractivity contribution in [3.8, 4) is 0 Å². The van der Waals surface area contributed by atoms with Gasteiger partial charge in [0.2, 0.25) is 0 Å². The molecule has 0 aliphatic carbocycles. The molecule has 31 heavy (non-hydrogen) atoms. The maximum Gasteiger partial charge on any atom is 0.410 e. The topological polar surface area (TPSA) is 45.3 Å². The van der Waals surface area contributed by atoms with E-state index in [1.54, 1.807) is 0 Å². The van der Waals surface area contributed by atoms with Gasteiger partial charge in [0.25, 0.3) is 0 Å². The van der Waals surface area contributed by atoms with Crippen LogP contribution in [0.4, 0.5) is 4.79 Å². The molecule has 1 aliphatic heterocycles.